The second kappa shape index (κ2) is 12.1. The van der Waals surface area contributed by atoms with E-state index in [1.165, 1.54) is 15.5 Å². The number of carbonyl (C=O) groups excluding carboxylic acids is 3. The fourth-order valence-electron chi connectivity index (χ4n) is 6.97. The third-order valence-corrected chi connectivity index (χ3v) is 9.70. The number of aryl methyl sites for hydroxylation is 1. The van der Waals surface area contributed by atoms with Crippen molar-refractivity contribution in [2.75, 3.05) is 13.1 Å². The van der Waals surface area contributed by atoms with Gasteiger partial charge in [-0.15, -0.1) is 0 Å². The molecule has 13 heteroatoms. The molecule has 3 aliphatic rings. The number of fused-ring (bicyclic) bond motifs is 5. The van der Waals surface area contributed by atoms with Crippen molar-refractivity contribution in [2.45, 2.75) is 90.2 Å². The van der Waals surface area contributed by atoms with Crippen molar-refractivity contribution >= 4 is 40.3 Å². The van der Waals surface area contributed by atoms with E-state index in [9.17, 15) is 29.4 Å². The van der Waals surface area contributed by atoms with Crippen LogP contribution in [0.1, 0.15) is 86.7 Å². The molecule has 3 aromatic rings. The van der Waals surface area contributed by atoms with E-state index in [0.29, 0.717) is 58.2 Å². The molecule has 11 nitrogen and oxygen atoms in total. The number of aliphatic hydroxyl groups is 2. The van der Waals surface area contributed by atoms with E-state index in [1.54, 1.807) is 19.9 Å². The molecule has 4 heterocycles. The number of halogens is 2. The lowest BCUT2D eigenvalue weighted by Crippen LogP contribution is -2.45. The second-order valence-electron chi connectivity index (χ2n) is 12.4. The predicted octanol–water partition coefficient (Wildman–Crippen LogP) is 3.38. The lowest BCUT2D eigenvalue weighted by atomic mass is 9.83. The number of hydrogen-bond donors (Lipinski definition) is 3. The maximum Gasteiger partial charge on any atom is 0.343 e. The summed E-state index contributed by atoms with van der Waals surface area (Å²) in [6.07, 6.45) is 1.61. The van der Waals surface area contributed by atoms with Gasteiger partial charge in [-0.2, -0.15) is 0 Å². The number of nitrogens with one attached hydrogen (secondary N) is 1. The summed E-state index contributed by atoms with van der Waals surface area (Å²) in [5.74, 6) is -2.14. The monoisotopic (exact) mass is 654 g/mol. The number of benzene rings is 1. The molecule has 2 amide bonds. The lowest BCUT2D eigenvalue weighted by molar-refractivity contribution is -0.172. The van der Waals surface area contributed by atoms with Gasteiger partial charge in [-0.25, -0.2) is 14.2 Å². The summed E-state index contributed by atoms with van der Waals surface area (Å²) in [5.41, 5.74) is 0.735. The summed E-state index contributed by atoms with van der Waals surface area (Å²) < 4.78 is 21.7. The Morgan fingerprint density at radius 3 is 2.72 bits per heavy atom. The van der Waals surface area contributed by atoms with Crippen LogP contribution in [0.15, 0.2) is 16.9 Å². The number of aliphatic hydroxyl groups excluding tert-OH is 1. The molecule has 0 saturated heterocycles. The Morgan fingerprint density at radius 1 is 1.26 bits per heavy atom. The van der Waals surface area contributed by atoms with Crippen LogP contribution in [-0.2, 0) is 44.3 Å². The molecule has 1 aromatic carbocycles. The Kier molecular flexibility index (Phi) is 8.41. The van der Waals surface area contributed by atoms with E-state index in [-0.39, 0.29) is 61.1 Å². The number of rotatable bonds is 9. The molecule has 0 radical (unpaired) electrons. The number of hydrogen-bond acceptors (Lipinski definition) is 8. The molecular weight excluding hydrogens is 619 g/mol. The average molecular weight is 655 g/mol. The minimum atomic E-state index is -2.01. The number of esters is 1. The van der Waals surface area contributed by atoms with E-state index in [1.807, 2.05) is 6.92 Å². The van der Waals surface area contributed by atoms with E-state index < -0.39 is 41.0 Å². The molecular formula is C33H36ClFN4O7. The van der Waals surface area contributed by atoms with Crippen LogP contribution in [-0.4, -0.2) is 61.6 Å². The van der Waals surface area contributed by atoms with Crippen molar-refractivity contribution in [2.24, 2.45) is 0 Å². The van der Waals surface area contributed by atoms with Gasteiger partial charge in [-0.3, -0.25) is 14.4 Å². The van der Waals surface area contributed by atoms with Gasteiger partial charge < -0.3 is 29.7 Å². The molecule has 2 aromatic heterocycles. The first-order valence-electron chi connectivity index (χ1n) is 15.6. The minimum Gasteiger partial charge on any atom is -0.458 e. The first kappa shape index (κ1) is 32.1. The molecule has 0 fully saturated rings. The molecule has 1 aliphatic carbocycles. The van der Waals surface area contributed by atoms with Crippen molar-refractivity contribution in [3.8, 4) is 11.4 Å². The van der Waals surface area contributed by atoms with Gasteiger partial charge in [0.05, 0.1) is 52.7 Å². The highest BCUT2D eigenvalue weighted by Crippen LogP contribution is 2.46. The van der Waals surface area contributed by atoms with Gasteiger partial charge in [0.2, 0.25) is 11.8 Å². The zero-order valence-electron chi connectivity index (χ0n) is 25.9. The van der Waals surface area contributed by atoms with Crippen molar-refractivity contribution in [1.29, 1.82) is 0 Å². The third kappa shape index (κ3) is 5.16. The van der Waals surface area contributed by atoms with E-state index >= 15 is 4.39 Å². The third-order valence-electron chi connectivity index (χ3n) is 9.29. The van der Waals surface area contributed by atoms with Gasteiger partial charge in [0.25, 0.3) is 5.56 Å². The highest BCUT2D eigenvalue weighted by molar-refractivity contribution is 6.32. The molecule has 3 N–H and O–H groups in total. The number of amides is 2. The largest absolute Gasteiger partial charge is 0.458 e. The Hall–Kier alpha value is -3.87. The Labute approximate surface area is 269 Å². The number of cyclic esters (lactones) is 1. The van der Waals surface area contributed by atoms with Crippen LogP contribution in [0.5, 0.6) is 0 Å². The highest BCUT2D eigenvalue weighted by atomic mass is 35.5. The number of unbranched alkanes of at least 4 members (excludes halogenated alkanes) is 1. The molecule has 3 atom stereocenters. The highest BCUT2D eigenvalue weighted by Gasteiger charge is 2.46. The molecule has 2 unspecified atom stereocenters. The lowest BCUT2D eigenvalue weighted by Gasteiger charge is -2.31. The van der Waals surface area contributed by atoms with Crippen LogP contribution >= 0.6 is 11.6 Å². The van der Waals surface area contributed by atoms with Gasteiger partial charge in [-0.1, -0.05) is 31.9 Å². The van der Waals surface area contributed by atoms with Crippen molar-refractivity contribution < 1.29 is 33.7 Å². The fraction of sp³-hybridized carbons (Fsp3) is 0.485. The minimum absolute atomic E-state index is 0.00642. The number of carbonyl (C=O) groups is 3. The number of nitrogens with zero attached hydrogens (tertiary/aromatic N) is 3. The number of pyridine rings is 2. The molecule has 0 bridgehead atoms. The molecule has 46 heavy (non-hydrogen) atoms. The maximum atomic E-state index is 15.1. The zero-order valence-corrected chi connectivity index (χ0v) is 26.7. The average Bonchev–Trinajstić information content (AvgIpc) is 3.39. The summed E-state index contributed by atoms with van der Waals surface area (Å²) in [4.78, 5) is 58.9. The SMILES string of the molecule is CCCCC(=O)N(CC(=O)NC1CCc2c(Cl)c(F)cc3nc4c(c1c23)Cn1c-4cc2c(c1=O)COC(=O)[C@]2(O)CC)CC(C)O. The van der Waals surface area contributed by atoms with Crippen LogP contribution in [0.4, 0.5) is 4.39 Å². The standard InChI is InChI=1S/C33H36ClFN4O7/c1-4-6-7-26(42)38(12-16(3)40)14-25(41)36-22-9-8-17-27-23(11-21(35)29(17)34)37-30-18(28(22)27)13-39-24(30)10-20-19(31(39)43)15-46-32(44)33(20,45)5-2/h10-11,16,22,40,45H,4-9,12-15H2,1-3H3,(H,36,41)/t16?,22?,33-/m0/s1. The molecule has 244 valence electrons. The summed E-state index contributed by atoms with van der Waals surface area (Å²) in [7, 11) is 0. The molecule has 0 saturated carbocycles. The van der Waals surface area contributed by atoms with Crippen LogP contribution < -0.4 is 10.9 Å². The maximum absolute atomic E-state index is 15.1. The Morgan fingerprint density at radius 2 is 2.02 bits per heavy atom. The van der Waals surface area contributed by atoms with E-state index in [4.69, 9.17) is 21.3 Å². The smallest absolute Gasteiger partial charge is 0.343 e. The van der Waals surface area contributed by atoms with E-state index in [0.717, 1.165) is 6.42 Å². The van der Waals surface area contributed by atoms with Gasteiger partial charge in [0.1, 0.15) is 12.4 Å². The van der Waals surface area contributed by atoms with Crippen LogP contribution in [0.2, 0.25) is 5.02 Å². The summed E-state index contributed by atoms with van der Waals surface area (Å²) in [6, 6.07) is 2.22. The van der Waals surface area contributed by atoms with E-state index in [2.05, 4.69) is 5.32 Å². The summed E-state index contributed by atoms with van der Waals surface area (Å²) in [5, 5.41) is 24.9. The molecule has 6 rings (SSSR count). The van der Waals surface area contributed by atoms with Crippen LogP contribution in [0.3, 0.4) is 0 Å². The predicted molar refractivity (Wildman–Crippen MR) is 166 cm³/mol. The number of aromatic nitrogens is 2. The molecule has 2 aliphatic heterocycles. The zero-order chi connectivity index (χ0) is 33.1. The summed E-state index contributed by atoms with van der Waals surface area (Å²) >= 11 is 6.45. The van der Waals surface area contributed by atoms with Gasteiger partial charge in [0, 0.05) is 35.5 Å². The van der Waals surface area contributed by atoms with Gasteiger partial charge in [0.15, 0.2) is 5.60 Å². The van der Waals surface area contributed by atoms with Gasteiger partial charge >= 0.3 is 5.97 Å². The normalized spacial score (nSPS) is 20.1. The fourth-order valence-corrected chi connectivity index (χ4v) is 7.22. The van der Waals surface area contributed by atoms with Crippen LogP contribution in [0.25, 0.3) is 22.3 Å². The van der Waals surface area contributed by atoms with Crippen LogP contribution in [0, 0.1) is 5.82 Å². The van der Waals surface area contributed by atoms with Crippen molar-refractivity contribution in [3.05, 3.63) is 61.1 Å². The second-order valence-corrected chi connectivity index (χ2v) is 12.8. The van der Waals surface area contributed by atoms with Crippen molar-refractivity contribution in [3.63, 3.8) is 0 Å². The topological polar surface area (TPSA) is 151 Å². The quantitative estimate of drug-likeness (QED) is 0.233. The first-order chi connectivity index (χ1) is 21.9. The Bertz CT molecular complexity index is 1860. The summed E-state index contributed by atoms with van der Waals surface area (Å²) in [6.45, 7) is 4.68. The molecule has 0 spiro atoms. The Balaban J connectivity index is 1.45. The van der Waals surface area contributed by atoms with Gasteiger partial charge in [-0.05, 0) is 49.8 Å². The van der Waals surface area contributed by atoms with Crippen molar-refractivity contribution in [1.82, 2.24) is 19.8 Å². The first-order valence-corrected chi connectivity index (χ1v) is 16.0. The number of ether oxygens (including phenoxy) is 1.